The summed E-state index contributed by atoms with van der Waals surface area (Å²) in [4.78, 5) is 3.93. The van der Waals surface area contributed by atoms with Crippen molar-refractivity contribution in [1.29, 1.82) is 0 Å². The van der Waals surface area contributed by atoms with Crippen molar-refractivity contribution in [3.63, 3.8) is 0 Å². The molecule has 4 heteroatoms. The summed E-state index contributed by atoms with van der Waals surface area (Å²) in [7, 11) is 0. The van der Waals surface area contributed by atoms with Gasteiger partial charge in [-0.15, -0.1) is 11.3 Å². The SMILES string of the molecule is [C-]#[N+]c1ccc(-c2ccc3sc4ccccc4c3c2)c2c1oc1c(-n3c4ccc(-c5ccccc5)cc4c4cc(-c5ccccc5)ccc43)cccc12. The monoisotopic (exact) mass is 692 g/mol. The van der Waals surface area contributed by atoms with Crippen molar-refractivity contribution in [2.75, 3.05) is 0 Å². The van der Waals surface area contributed by atoms with E-state index < -0.39 is 0 Å². The van der Waals surface area contributed by atoms with Crippen LogP contribution in [0.15, 0.2) is 174 Å². The summed E-state index contributed by atoms with van der Waals surface area (Å²) in [6.07, 6.45) is 0. The Balaban J connectivity index is 1.19. The lowest BCUT2D eigenvalue weighted by atomic mass is 9.97. The highest BCUT2D eigenvalue weighted by Crippen LogP contribution is 2.46. The zero-order chi connectivity index (χ0) is 35.0. The number of nitrogens with zero attached hydrogens (tertiary/aromatic N) is 2. The number of para-hydroxylation sites is 1. The van der Waals surface area contributed by atoms with Crippen molar-refractivity contribution in [1.82, 2.24) is 4.57 Å². The minimum atomic E-state index is 0.509. The van der Waals surface area contributed by atoms with Gasteiger partial charge in [0.15, 0.2) is 5.58 Å². The van der Waals surface area contributed by atoms with Crippen molar-refractivity contribution in [3.8, 4) is 39.1 Å². The second kappa shape index (κ2) is 11.5. The predicted molar refractivity (Wildman–Crippen MR) is 224 cm³/mol. The molecule has 0 atom stereocenters. The molecule has 0 aliphatic rings. The number of thiophene rings is 1. The molecule has 3 aromatic heterocycles. The summed E-state index contributed by atoms with van der Waals surface area (Å²) in [6.45, 7) is 8.10. The molecule has 3 heterocycles. The second-order valence-corrected chi connectivity index (χ2v) is 14.6. The normalized spacial score (nSPS) is 11.8. The van der Waals surface area contributed by atoms with Gasteiger partial charge in [0.1, 0.15) is 5.58 Å². The first-order valence-corrected chi connectivity index (χ1v) is 18.5. The van der Waals surface area contributed by atoms with Crippen molar-refractivity contribution in [2.24, 2.45) is 0 Å². The zero-order valence-electron chi connectivity index (χ0n) is 28.4. The van der Waals surface area contributed by atoms with E-state index in [0.717, 1.165) is 44.2 Å². The third-order valence-corrected chi connectivity index (χ3v) is 11.8. The maximum Gasteiger partial charge on any atom is 0.229 e. The van der Waals surface area contributed by atoms with Crippen LogP contribution in [0.1, 0.15) is 0 Å². The standard InChI is InChI=1S/C49H28N2OS/c1-50-41-23-22-35(34-21-26-46-40(29-34)36-15-8-9-18-45(36)53-46)47-37-16-10-17-44(48(37)52-49(41)47)51-42-24-19-32(30-11-4-2-5-12-30)27-38(42)39-28-33(20-25-43(39)51)31-13-6-3-7-14-31/h2-29H. The van der Waals surface area contributed by atoms with Crippen LogP contribution in [0.3, 0.4) is 0 Å². The second-order valence-electron chi connectivity index (χ2n) is 13.5. The minimum Gasteiger partial charge on any atom is -0.465 e. The summed E-state index contributed by atoms with van der Waals surface area (Å²) in [6, 6.07) is 60.3. The van der Waals surface area contributed by atoms with E-state index in [1.165, 1.54) is 53.2 Å². The molecular weight excluding hydrogens is 665 g/mol. The number of furan rings is 1. The summed E-state index contributed by atoms with van der Waals surface area (Å²) < 4.78 is 11.8. The van der Waals surface area contributed by atoms with Gasteiger partial charge in [0.2, 0.25) is 5.69 Å². The number of hydrogen-bond donors (Lipinski definition) is 0. The van der Waals surface area contributed by atoms with E-state index in [-0.39, 0.29) is 0 Å². The molecule has 0 aliphatic carbocycles. The lowest BCUT2D eigenvalue weighted by Gasteiger charge is -2.10. The van der Waals surface area contributed by atoms with Crippen LogP contribution in [0, 0.1) is 6.57 Å². The molecule has 0 unspecified atom stereocenters. The van der Waals surface area contributed by atoms with Gasteiger partial charge in [-0.25, -0.2) is 4.85 Å². The van der Waals surface area contributed by atoms with Gasteiger partial charge in [-0.05, 0) is 81.9 Å². The number of rotatable bonds is 4. The average Bonchev–Trinajstić information content (AvgIpc) is 3.90. The summed E-state index contributed by atoms with van der Waals surface area (Å²) in [5, 5.41) is 6.81. The van der Waals surface area contributed by atoms with Crippen LogP contribution in [0.2, 0.25) is 0 Å². The molecule has 8 aromatic carbocycles. The van der Waals surface area contributed by atoms with E-state index in [1.807, 2.05) is 17.4 Å². The van der Waals surface area contributed by atoms with Crippen molar-refractivity contribution >= 4 is 80.9 Å². The smallest absolute Gasteiger partial charge is 0.229 e. The maximum absolute atomic E-state index is 8.10. The van der Waals surface area contributed by atoms with E-state index in [9.17, 15) is 0 Å². The first kappa shape index (κ1) is 29.8. The molecule has 3 nitrogen and oxygen atoms in total. The van der Waals surface area contributed by atoms with Gasteiger partial charge in [0.05, 0.1) is 23.3 Å². The molecule has 11 rings (SSSR count). The Bertz CT molecular complexity index is 3190. The first-order chi connectivity index (χ1) is 26.2. The Labute approximate surface area is 309 Å². The highest BCUT2D eigenvalue weighted by molar-refractivity contribution is 7.25. The van der Waals surface area contributed by atoms with Crippen molar-refractivity contribution in [2.45, 2.75) is 0 Å². The molecule has 0 N–H and O–H groups in total. The average molecular weight is 693 g/mol. The Hall–Kier alpha value is -6.93. The Morgan fingerprint density at radius 3 is 1.75 bits per heavy atom. The molecule has 0 saturated heterocycles. The molecule has 0 bridgehead atoms. The molecule has 0 amide bonds. The first-order valence-electron chi connectivity index (χ1n) is 17.7. The fourth-order valence-electron chi connectivity index (χ4n) is 8.17. The highest BCUT2D eigenvalue weighted by Gasteiger charge is 2.22. The zero-order valence-corrected chi connectivity index (χ0v) is 29.2. The Morgan fingerprint density at radius 2 is 1.06 bits per heavy atom. The van der Waals surface area contributed by atoms with Gasteiger partial charge in [0, 0.05) is 41.7 Å². The van der Waals surface area contributed by atoms with Crippen LogP contribution in [0.25, 0.3) is 108 Å². The molecule has 0 spiro atoms. The van der Waals surface area contributed by atoms with Gasteiger partial charge >= 0.3 is 0 Å². The topological polar surface area (TPSA) is 22.4 Å². The minimum absolute atomic E-state index is 0.509. The van der Waals surface area contributed by atoms with Gasteiger partial charge in [-0.3, -0.25) is 0 Å². The maximum atomic E-state index is 8.10. The van der Waals surface area contributed by atoms with E-state index >= 15 is 0 Å². The van der Waals surface area contributed by atoms with Gasteiger partial charge in [-0.2, -0.15) is 0 Å². The number of aromatic nitrogens is 1. The number of benzene rings is 8. The van der Waals surface area contributed by atoms with E-state index in [1.54, 1.807) is 0 Å². The molecule has 0 radical (unpaired) electrons. The van der Waals surface area contributed by atoms with Gasteiger partial charge in [-0.1, -0.05) is 121 Å². The molecule has 246 valence electrons. The molecule has 11 aromatic rings. The Kier molecular flexibility index (Phi) is 6.48. The third kappa shape index (κ3) is 4.52. The van der Waals surface area contributed by atoms with Crippen molar-refractivity contribution in [3.05, 3.63) is 181 Å². The summed E-state index contributed by atoms with van der Waals surface area (Å²) >= 11 is 1.82. The van der Waals surface area contributed by atoms with Crippen LogP contribution >= 0.6 is 11.3 Å². The van der Waals surface area contributed by atoms with Crippen LogP contribution < -0.4 is 0 Å². The largest absolute Gasteiger partial charge is 0.465 e. The van der Waals surface area contributed by atoms with Crippen molar-refractivity contribution < 1.29 is 4.42 Å². The van der Waals surface area contributed by atoms with Crippen LogP contribution in [-0.2, 0) is 0 Å². The molecular formula is C49H28N2OS. The Morgan fingerprint density at radius 1 is 0.453 bits per heavy atom. The van der Waals surface area contributed by atoms with Crippen LogP contribution in [0.5, 0.6) is 0 Å². The summed E-state index contributed by atoms with van der Waals surface area (Å²) in [5.41, 5.74) is 11.9. The quantitative estimate of drug-likeness (QED) is 0.168. The fraction of sp³-hybridized carbons (Fsp3) is 0. The lowest BCUT2D eigenvalue weighted by molar-refractivity contribution is 0.668. The molecule has 0 fully saturated rings. The van der Waals surface area contributed by atoms with E-state index in [4.69, 9.17) is 11.0 Å². The predicted octanol–water partition coefficient (Wildman–Crippen LogP) is 14.6. The van der Waals surface area contributed by atoms with E-state index in [2.05, 4.69) is 173 Å². The number of hydrogen-bond acceptors (Lipinski definition) is 2. The molecule has 0 aliphatic heterocycles. The van der Waals surface area contributed by atoms with E-state index in [0.29, 0.717) is 11.3 Å². The highest BCUT2D eigenvalue weighted by atomic mass is 32.1. The van der Waals surface area contributed by atoms with Gasteiger partial charge in [0.25, 0.3) is 0 Å². The van der Waals surface area contributed by atoms with Crippen LogP contribution in [0.4, 0.5) is 5.69 Å². The molecule has 0 saturated carbocycles. The van der Waals surface area contributed by atoms with Gasteiger partial charge < -0.3 is 8.98 Å². The lowest BCUT2D eigenvalue weighted by Crippen LogP contribution is -1.94. The number of fused-ring (bicyclic) bond motifs is 9. The fourth-order valence-corrected chi connectivity index (χ4v) is 9.26. The summed E-state index contributed by atoms with van der Waals surface area (Å²) in [5.74, 6) is 0. The molecule has 53 heavy (non-hydrogen) atoms. The van der Waals surface area contributed by atoms with Crippen LogP contribution in [-0.4, -0.2) is 4.57 Å². The third-order valence-electron chi connectivity index (χ3n) is 10.6.